The maximum Gasteiger partial charge on any atom is 0.321 e. The van der Waals surface area contributed by atoms with Crippen molar-refractivity contribution in [2.24, 2.45) is 0 Å². The molecule has 1 aliphatic heterocycles. The highest BCUT2D eigenvalue weighted by molar-refractivity contribution is 6.35. The van der Waals surface area contributed by atoms with Gasteiger partial charge in [0, 0.05) is 49.1 Å². The number of nitrogens with zero attached hydrogens (tertiary/aromatic N) is 2. The summed E-state index contributed by atoms with van der Waals surface area (Å²) < 4.78 is 0. The molecular weight excluding hydrogens is 336 g/mol. The summed E-state index contributed by atoms with van der Waals surface area (Å²) in [7, 11) is 0. The van der Waals surface area contributed by atoms with Crippen molar-refractivity contribution in [1.82, 2.24) is 9.88 Å². The van der Waals surface area contributed by atoms with E-state index in [2.05, 4.69) is 21.3 Å². The Morgan fingerprint density at radius 3 is 2.52 bits per heavy atom. The van der Waals surface area contributed by atoms with E-state index in [1.807, 2.05) is 53.6 Å². The van der Waals surface area contributed by atoms with Gasteiger partial charge in [-0.25, -0.2) is 4.79 Å². The number of fused-ring (bicyclic) bond motifs is 1. The van der Waals surface area contributed by atoms with Gasteiger partial charge in [0.25, 0.3) is 0 Å². The summed E-state index contributed by atoms with van der Waals surface area (Å²) in [5.74, 6) is 0. The van der Waals surface area contributed by atoms with Crippen LogP contribution in [0.1, 0.15) is 0 Å². The molecule has 1 aliphatic rings. The first kappa shape index (κ1) is 15.8. The number of halogens is 1. The molecule has 0 atom stereocenters. The Morgan fingerprint density at radius 2 is 1.76 bits per heavy atom. The number of hydrogen-bond acceptors (Lipinski definition) is 2. The molecule has 1 aromatic heterocycles. The first-order valence-electron chi connectivity index (χ1n) is 8.34. The summed E-state index contributed by atoms with van der Waals surface area (Å²) in [4.78, 5) is 19.7. The molecule has 3 aromatic rings. The van der Waals surface area contributed by atoms with Crippen molar-refractivity contribution >= 4 is 39.9 Å². The molecule has 6 heteroatoms. The van der Waals surface area contributed by atoms with Gasteiger partial charge in [0.1, 0.15) is 0 Å². The zero-order valence-corrected chi connectivity index (χ0v) is 14.5. The number of nitrogens with one attached hydrogen (secondary N) is 2. The molecule has 0 unspecified atom stereocenters. The van der Waals surface area contributed by atoms with Crippen molar-refractivity contribution in [3.8, 4) is 0 Å². The number of urea groups is 1. The van der Waals surface area contributed by atoms with E-state index in [0.717, 1.165) is 40.4 Å². The minimum absolute atomic E-state index is 0.0475. The average Bonchev–Trinajstić information content (AvgIpc) is 3.14. The maximum atomic E-state index is 12.4. The van der Waals surface area contributed by atoms with Gasteiger partial charge in [-0.3, -0.25) is 0 Å². The van der Waals surface area contributed by atoms with Gasteiger partial charge in [0.2, 0.25) is 0 Å². The summed E-state index contributed by atoms with van der Waals surface area (Å²) in [6.07, 6.45) is 1.91. The van der Waals surface area contributed by atoms with E-state index < -0.39 is 0 Å². The second kappa shape index (κ2) is 6.69. The summed E-state index contributed by atoms with van der Waals surface area (Å²) in [6.45, 7) is 2.97. The fraction of sp³-hybridized carbons (Fsp3) is 0.211. The molecule has 0 bridgehead atoms. The fourth-order valence-corrected chi connectivity index (χ4v) is 3.48. The molecule has 2 heterocycles. The van der Waals surface area contributed by atoms with Crippen LogP contribution in [-0.4, -0.2) is 42.1 Å². The number of H-pyrrole nitrogens is 1. The number of carbonyl (C=O) groups excluding carboxylic acids is 1. The lowest BCUT2D eigenvalue weighted by Gasteiger charge is -2.36. The lowest BCUT2D eigenvalue weighted by atomic mass is 10.1. The van der Waals surface area contributed by atoms with E-state index in [1.165, 1.54) is 0 Å². The molecule has 0 spiro atoms. The number of hydrogen-bond donors (Lipinski definition) is 2. The van der Waals surface area contributed by atoms with Crippen molar-refractivity contribution in [2.45, 2.75) is 0 Å². The second-order valence-corrected chi connectivity index (χ2v) is 6.51. The third kappa shape index (κ3) is 3.15. The summed E-state index contributed by atoms with van der Waals surface area (Å²) in [5.41, 5.74) is 2.94. The van der Waals surface area contributed by atoms with E-state index in [1.54, 1.807) is 0 Å². The molecule has 4 rings (SSSR count). The minimum Gasteiger partial charge on any atom is -0.367 e. The monoisotopic (exact) mass is 354 g/mol. The van der Waals surface area contributed by atoms with Gasteiger partial charge in [-0.15, -0.1) is 0 Å². The molecule has 0 aliphatic carbocycles. The van der Waals surface area contributed by atoms with Crippen molar-refractivity contribution in [2.75, 3.05) is 36.4 Å². The number of aromatic amines is 1. The lowest BCUT2D eigenvalue weighted by molar-refractivity contribution is 0.208. The highest BCUT2D eigenvalue weighted by atomic mass is 35.5. The average molecular weight is 355 g/mol. The lowest BCUT2D eigenvalue weighted by Crippen LogP contribution is -2.50. The smallest absolute Gasteiger partial charge is 0.321 e. The standard InChI is InChI=1S/C19H19ClN4O/c20-16-6-7-17(15-8-9-21-18(15)16)23-10-12-24(13-11-23)19(25)22-14-4-2-1-3-5-14/h1-9,21H,10-13H2,(H,22,25). The zero-order valence-electron chi connectivity index (χ0n) is 13.7. The van der Waals surface area contributed by atoms with Crippen LogP contribution in [0.3, 0.4) is 0 Å². The topological polar surface area (TPSA) is 51.4 Å². The minimum atomic E-state index is -0.0475. The second-order valence-electron chi connectivity index (χ2n) is 6.10. The van der Waals surface area contributed by atoms with Crippen molar-refractivity contribution in [1.29, 1.82) is 0 Å². The van der Waals surface area contributed by atoms with Gasteiger partial charge in [-0.2, -0.15) is 0 Å². The summed E-state index contributed by atoms with van der Waals surface area (Å²) in [6, 6.07) is 15.5. The molecule has 1 saturated heterocycles. The fourth-order valence-electron chi connectivity index (χ4n) is 3.26. The van der Waals surface area contributed by atoms with Crippen molar-refractivity contribution in [3.05, 3.63) is 59.8 Å². The predicted octanol–water partition coefficient (Wildman–Crippen LogP) is 4.18. The number of amides is 2. The van der Waals surface area contributed by atoms with E-state index in [0.29, 0.717) is 13.1 Å². The van der Waals surface area contributed by atoms with Crippen LogP contribution in [-0.2, 0) is 0 Å². The van der Waals surface area contributed by atoms with E-state index in [-0.39, 0.29) is 6.03 Å². The number of piperazine rings is 1. The van der Waals surface area contributed by atoms with Crippen LogP contribution in [0.2, 0.25) is 5.02 Å². The van der Waals surface area contributed by atoms with Gasteiger partial charge in [-0.05, 0) is 30.3 Å². The molecule has 25 heavy (non-hydrogen) atoms. The summed E-state index contributed by atoms with van der Waals surface area (Å²) >= 11 is 6.24. The Bertz CT molecular complexity index is 885. The quantitative estimate of drug-likeness (QED) is 0.725. The molecular formula is C19H19ClN4O. The first-order valence-corrected chi connectivity index (χ1v) is 8.72. The summed E-state index contributed by atoms with van der Waals surface area (Å²) in [5, 5.41) is 4.79. The molecule has 2 amide bonds. The van der Waals surface area contributed by atoms with Crippen molar-refractivity contribution in [3.63, 3.8) is 0 Å². The van der Waals surface area contributed by atoms with Crippen LogP contribution >= 0.6 is 11.6 Å². The van der Waals surface area contributed by atoms with Crippen LogP contribution in [0.5, 0.6) is 0 Å². The van der Waals surface area contributed by atoms with E-state index in [9.17, 15) is 4.79 Å². The third-order valence-electron chi connectivity index (χ3n) is 4.58. The van der Waals surface area contributed by atoms with Crippen molar-refractivity contribution < 1.29 is 4.79 Å². The zero-order chi connectivity index (χ0) is 17.2. The van der Waals surface area contributed by atoms with Gasteiger partial charge in [0.15, 0.2) is 0 Å². The van der Waals surface area contributed by atoms with Gasteiger partial charge >= 0.3 is 6.03 Å². The van der Waals surface area contributed by atoms with Crippen LogP contribution in [0.25, 0.3) is 10.9 Å². The number of rotatable bonds is 2. The number of benzene rings is 2. The molecule has 0 radical (unpaired) electrons. The highest BCUT2D eigenvalue weighted by Crippen LogP contribution is 2.31. The Hall–Kier alpha value is -2.66. The largest absolute Gasteiger partial charge is 0.367 e. The number of aromatic nitrogens is 1. The molecule has 0 saturated carbocycles. The number of anilines is 2. The molecule has 2 aromatic carbocycles. The first-order chi connectivity index (χ1) is 12.2. The molecule has 128 valence electrons. The normalized spacial score (nSPS) is 14.8. The van der Waals surface area contributed by atoms with Crippen LogP contribution in [0.4, 0.5) is 16.2 Å². The Morgan fingerprint density at radius 1 is 1.00 bits per heavy atom. The van der Waals surface area contributed by atoms with E-state index in [4.69, 9.17) is 11.6 Å². The van der Waals surface area contributed by atoms with Gasteiger partial charge in [-0.1, -0.05) is 29.8 Å². The molecule has 1 fully saturated rings. The van der Waals surface area contributed by atoms with Crippen LogP contribution in [0.15, 0.2) is 54.7 Å². The Labute approximate surface area is 151 Å². The van der Waals surface area contributed by atoms with Crippen LogP contribution in [0, 0.1) is 0 Å². The van der Waals surface area contributed by atoms with Gasteiger partial charge in [0.05, 0.1) is 10.5 Å². The Balaban J connectivity index is 1.43. The Kier molecular flexibility index (Phi) is 4.24. The van der Waals surface area contributed by atoms with Crippen LogP contribution < -0.4 is 10.2 Å². The van der Waals surface area contributed by atoms with E-state index >= 15 is 0 Å². The number of carbonyl (C=O) groups is 1. The number of para-hydroxylation sites is 1. The SMILES string of the molecule is O=C(Nc1ccccc1)N1CCN(c2ccc(Cl)c3[nH]ccc23)CC1. The molecule has 5 nitrogen and oxygen atoms in total. The third-order valence-corrected chi connectivity index (χ3v) is 4.90. The highest BCUT2D eigenvalue weighted by Gasteiger charge is 2.22. The van der Waals surface area contributed by atoms with Gasteiger partial charge < -0.3 is 20.1 Å². The maximum absolute atomic E-state index is 12.4. The molecule has 2 N–H and O–H groups in total. The predicted molar refractivity (Wildman–Crippen MR) is 103 cm³/mol.